The Morgan fingerprint density at radius 2 is 2.11 bits per heavy atom. The van der Waals surface area contributed by atoms with Gasteiger partial charge in [-0.15, -0.1) is 0 Å². The maximum absolute atomic E-state index is 6.29. The summed E-state index contributed by atoms with van der Waals surface area (Å²) >= 11 is 2.11. The summed E-state index contributed by atoms with van der Waals surface area (Å²) in [5, 5.41) is 0. The fourth-order valence-corrected chi connectivity index (χ4v) is 5.50. The second-order valence-electron chi connectivity index (χ2n) is 6.53. The normalized spacial score (nSPS) is 37.7. The molecule has 1 aliphatic heterocycles. The van der Waals surface area contributed by atoms with Crippen LogP contribution in [0.5, 0.6) is 0 Å². The van der Waals surface area contributed by atoms with Crippen molar-refractivity contribution in [3.8, 4) is 0 Å². The molecular formula is C15H30N2S. The summed E-state index contributed by atoms with van der Waals surface area (Å²) in [6.07, 6.45) is 6.80. The molecule has 3 unspecified atom stereocenters. The van der Waals surface area contributed by atoms with Crippen molar-refractivity contribution in [3.63, 3.8) is 0 Å². The topological polar surface area (TPSA) is 29.3 Å². The summed E-state index contributed by atoms with van der Waals surface area (Å²) in [4.78, 5) is 2.69. The smallest absolute Gasteiger partial charge is 0.0362 e. The van der Waals surface area contributed by atoms with Gasteiger partial charge in [0.1, 0.15) is 0 Å². The molecule has 2 fully saturated rings. The standard InChI is InChI=1S/C15H30N2S/c1-12(2)14-6-4-5-8-15(14,11-16)17(3)13-7-9-18-10-13/h12-14H,4-11,16H2,1-3H3. The molecule has 3 heteroatoms. The summed E-state index contributed by atoms with van der Waals surface area (Å²) in [6, 6.07) is 0.762. The Hall–Kier alpha value is 0.270. The first-order valence-electron chi connectivity index (χ1n) is 7.62. The lowest BCUT2D eigenvalue weighted by Gasteiger charge is -2.53. The fourth-order valence-electron chi connectivity index (χ4n) is 4.23. The van der Waals surface area contributed by atoms with E-state index in [-0.39, 0.29) is 5.54 Å². The van der Waals surface area contributed by atoms with Crippen LogP contribution in [-0.2, 0) is 0 Å². The maximum atomic E-state index is 6.29. The molecule has 0 aromatic carbocycles. The van der Waals surface area contributed by atoms with E-state index in [1.807, 2.05) is 0 Å². The molecule has 18 heavy (non-hydrogen) atoms. The molecule has 106 valence electrons. The average molecular weight is 270 g/mol. The van der Waals surface area contributed by atoms with E-state index in [2.05, 4.69) is 37.6 Å². The predicted molar refractivity (Wildman–Crippen MR) is 82.1 cm³/mol. The fraction of sp³-hybridized carbons (Fsp3) is 1.00. The van der Waals surface area contributed by atoms with Crippen LogP contribution in [0, 0.1) is 11.8 Å². The van der Waals surface area contributed by atoms with Gasteiger partial charge in [0.05, 0.1) is 0 Å². The second-order valence-corrected chi connectivity index (χ2v) is 7.68. The van der Waals surface area contributed by atoms with Gasteiger partial charge in [-0.1, -0.05) is 26.7 Å². The largest absolute Gasteiger partial charge is 0.329 e. The lowest BCUT2D eigenvalue weighted by Crippen LogP contribution is -2.62. The Bertz CT molecular complexity index is 263. The predicted octanol–water partition coefficient (Wildman–Crippen LogP) is 2.97. The zero-order chi connectivity index (χ0) is 13.2. The first-order chi connectivity index (χ1) is 8.62. The number of nitrogens with zero attached hydrogens (tertiary/aromatic N) is 1. The van der Waals surface area contributed by atoms with E-state index in [9.17, 15) is 0 Å². The highest BCUT2D eigenvalue weighted by molar-refractivity contribution is 7.99. The van der Waals surface area contributed by atoms with E-state index < -0.39 is 0 Å². The Labute approximate surface area is 117 Å². The van der Waals surface area contributed by atoms with Crippen LogP contribution in [0.3, 0.4) is 0 Å². The molecule has 2 aliphatic rings. The monoisotopic (exact) mass is 270 g/mol. The van der Waals surface area contributed by atoms with Gasteiger partial charge in [0.25, 0.3) is 0 Å². The third-order valence-electron chi connectivity index (χ3n) is 5.38. The van der Waals surface area contributed by atoms with Gasteiger partial charge in [-0.05, 0) is 43.9 Å². The molecule has 2 N–H and O–H groups in total. The molecule has 1 saturated heterocycles. The van der Waals surface area contributed by atoms with Crippen molar-refractivity contribution in [2.45, 2.75) is 57.5 Å². The highest BCUT2D eigenvalue weighted by atomic mass is 32.2. The van der Waals surface area contributed by atoms with Crippen LogP contribution in [0.25, 0.3) is 0 Å². The average Bonchev–Trinajstić information content (AvgIpc) is 2.91. The molecule has 0 aromatic rings. The van der Waals surface area contributed by atoms with Crippen LogP contribution < -0.4 is 5.73 Å². The highest BCUT2D eigenvalue weighted by Crippen LogP contribution is 2.43. The Balaban J connectivity index is 2.19. The van der Waals surface area contributed by atoms with Gasteiger partial charge in [-0.3, -0.25) is 4.90 Å². The van der Waals surface area contributed by atoms with Crippen molar-refractivity contribution in [2.75, 3.05) is 25.1 Å². The van der Waals surface area contributed by atoms with Crippen molar-refractivity contribution < 1.29 is 0 Å². The van der Waals surface area contributed by atoms with Crippen LogP contribution >= 0.6 is 11.8 Å². The van der Waals surface area contributed by atoms with E-state index in [4.69, 9.17) is 5.73 Å². The molecule has 2 nitrogen and oxygen atoms in total. The van der Waals surface area contributed by atoms with Crippen molar-refractivity contribution in [1.29, 1.82) is 0 Å². The third kappa shape index (κ3) is 2.59. The van der Waals surface area contributed by atoms with Gasteiger partial charge in [0, 0.05) is 23.9 Å². The van der Waals surface area contributed by atoms with Gasteiger partial charge in [0.2, 0.25) is 0 Å². The lowest BCUT2D eigenvalue weighted by atomic mass is 9.66. The summed E-state index contributed by atoms with van der Waals surface area (Å²) in [5.74, 6) is 4.18. The maximum Gasteiger partial charge on any atom is 0.0362 e. The number of nitrogens with two attached hydrogens (primary N) is 1. The van der Waals surface area contributed by atoms with Crippen molar-refractivity contribution in [1.82, 2.24) is 4.90 Å². The molecule has 2 rings (SSSR count). The summed E-state index contributed by atoms with van der Waals surface area (Å²) in [5.41, 5.74) is 6.57. The van der Waals surface area contributed by atoms with Gasteiger partial charge >= 0.3 is 0 Å². The molecule has 3 atom stereocenters. The van der Waals surface area contributed by atoms with Crippen molar-refractivity contribution in [2.24, 2.45) is 17.6 Å². The van der Waals surface area contributed by atoms with Crippen LogP contribution in [0.2, 0.25) is 0 Å². The van der Waals surface area contributed by atoms with E-state index in [1.165, 1.54) is 43.6 Å². The zero-order valence-electron chi connectivity index (χ0n) is 12.3. The third-order valence-corrected chi connectivity index (χ3v) is 6.52. The van der Waals surface area contributed by atoms with E-state index in [0.717, 1.165) is 24.4 Å². The molecule has 1 aliphatic carbocycles. The number of likely N-dealkylation sites (N-methyl/N-ethyl adjacent to an activating group) is 1. The van der Waals surface area contributed by atoms with Crippen LogP contribution in [0.4, 0.5) is 0 Å². The van der Waals surface area contributed by atoms with Crippen LogP contribution in [0.15, 0.2) is 0 Å². The number of thioether (sulfide) groups is 1. The second kappa shape index (κ2) is 6.15. The summed E-state index contributed by atoms with van der Waals surface area (Å²) in [6.45, 7) is 5.61. The first-order valence-corrected chi connectivity index (χ1v) is 8.78. The summed E-state index contributed by atoms with van der Waals surface area (Å²) < 4.78 is 0. The molecule has 0 spiro atoms. The Kier molecular flexibility index (Phi) is 5.01. The van der Waals surface area contributed by atoms with Gasteiger partial charge in [0.15, 0.2) is 0 Å². The summed E-state index contributed by atoms with van der Waals surface area (Å²) in [7, 11) is 2.35. The SMILES string of the molecule is CC(C)C1CCCCC1(CN)N(C)C1CCSC1. The molecule has 0 aromatic heterocycles. The molecule has 0 bridgehead atoms. The molecule has 1 saturated carbocycles. The van der Waals surface area contributed by atoms with Crippen molar-refractivity contribution >= 4 is 11.8 Å². The minimum atomic E-state index is 0.280. The highest BCUT2D eigenvalue weighted by Gasteiger charge is 2.46. The Morgan fingerprint density at radius 1 is 1.33 bits per heavy atom. The lowest BCUT2D eigenvalue weighted by molar-refractivity contribution is -0.0170. The van der Waals surface area contributed by atoms with E-state index >= 15 is 0 Å². The zero-order valence-corrected chi connectivity index (χ0v) is 13.1. The number of hydrogen-bond donors (Lipinski definition) is 1. The number of hydrogen-bond acceptors (Lipinski definition) is 3. The van der Waals surface area contributed by atoms with Gasteiger partial charge in [-0.2, -0.15) is 11.8 Å². The van der Waals surface area contributed by atoms with Crippen LogP contribution in [-0.4, -0.2) is 41.6 Å². The minimum Gasteiger partial charge on any atom is -0.329 e. The molecule has 0 radical (unpaired) electrons. The van der Waals surface area contributed by atoms with Crippen molar-refractivity contribution in [3.05, 3.63) is 0 Å². The van der Waals surface area contributed by atoms with Gasteiger partial charge in [-0.25, -0.2) is 0 Å². The van der Waals surface area contributed by atoms with Gasteiger partial charge < -0.3 is 5.73 Å². The van der Waals surface area contributed by atoms with E-state index in [1.54, 1.807) is 0 Å². The Morgan fingerprint density at radius 3 is 2.67 bits per heavy atom. The van der Waals surface area contributed by atoms with E-state index in [0.29, 0.717) is 0 Å². The quantitative estimate of drug-likeness (QED) is 0.851. The molecule has 1 heterocycles. The first kappa shape index (κ1) is 14.7. The molecular weight excluding hydrogens is 240 g/mol. The number of rotatable bonds is 4. The molecule has 0 amide bonds. The minimum absolute atomic E-state index is 0.280. The van der Waals surface area contributed by atoms with Crippen LogP contribution in [0.1, 0.15) is 46.0 Å².